The van der Waals surface area contributed by atoms with Crippen molar-refractivity contribution in [2.45, 2.75) is 6.42 Å². The fourth-order valence-electron chi connectivity index (χ4n) is 1.44. The highest BCUT2D eigenvalue weighted by Crippen LogP contribution is 2.04. The molecule has 0 bridgehead atoms. The Morgan fingerprint density at radius 3 is 2.86 bits per heavy atom. The second-order valence-electron chi connectivity index (χ2n) is 3.33. The van der Waals surface area contributed by atoms with Gasteiger partial charge in [-0.1, -0.05) is 18.2 Å². The summed E-state index contributed by atoms with van der Waals surface area (Å²) in [5.41, 5.74) is 1.14. The van der Waals surface area contributed by atoms with E-state index in [1.165, 1.54) is 0 Å². The molecular formula is C11H15N3. The summed E-state index contributed by atoms with van der Waals surface area (Å²) in [5, 5.41) is 6.60. The van der Waals surface area contributed by atoms with Crippen molar-refractivity contribution in [2.75, 3.05) is 25.0 Å². The summed E-state index contributed by atoms with van der Waals surface area (Å²) in [6.07, 6.45) is 1.15. The van der Waals surface area contributed by atoms with Gasteiger partial charge in [0.15, 0.2) is 0 Å². The summed E-state index contributed by atoms with van der Waals surface area (Å²) in [7, 11) is 0. The third-order valence-corrected chi connectivity index (χ3v) is 2.20. The molecule has 3 heteroatoms. The molecule has 14 heavy (non-hydrogen) atoms. The molecule has 1 aromatic rings. The standard InChI is InChI=1S/C11H15N3/c1-2-5-10(6-3-1)14-9-11-12-7-4-8-13-11/h1-3,5-6,14H,4,7-9H2,(H,12,13). The molecule has 0 spiro atoms. The number of anilines is 1. The molecule has 0 aromatic heterocycles. The smallest absolute Gasteiger partial charge is 0.116 e. The number of para-hydroxylation sites is 1. The van der Waals surface area contributed by atoms with Gasteiger partial charge in [-0.05, 0) is 18.6 Å². The predicted molar refractivity (Wildman–Crippen MR) is 59.9 cm³/mol. The number of benzene rings is 1. The number of nitrogens with zero attached hydrogens (tertiary/aromatic N) is 1. The average molecular weight is 189 g/mol. The van der Waals surface area contributed by atoms with Gasteiger partial charge in [-0.25, -0.2) is 0 Å². The van der Waals surface area contributed by atoms with E-state index in [0.29, 0.717) is 0 Å². The summed E-state index contributed by atoms with van der Waals surface area (Å²) in [4.78, 5) is 4.39. The van der Waals surface area contributed by atoms with Gasteiger partial charge < -0.3 is 10.6 Å². The molecule has 2 rings (SSSR count). The first-order valence-electron chi connectivity index (χ1n) is 5.01. The van der Waals surface area contributed by atoms with E-state index in [1.807, 2.05) is 18.2 Å². The van der Waals surface area contributed by atoms with Gasteiger partial charge in [0.25, 0.3) is 0 Å². The molecule has 0 aliphatic carbocycles. The maximum atomic E-state index is 4.39. The molecule has 74 valence electrons. The lowest BCUT2D eigenvalue weighted by molar-refractivity contribution is 0.735. The lowest BCUT2D eigenvalue weighted by Crippen LogP contribution is -2.34. The van der Waals surface area contributed by atoms with Gasteiger partial charge in [0.2, 0.25) is 0 Å². The van der Waals surface area contributed by atoms with E-state index >= 15 is 0 Å². The minimum atomic E-state index is 0.796. The minimum Gasteiger partial charge on any atom is -0.378 e. The zero-order chi connectivity index (χ0) is 9.64. The van der Waals surface area contributed by atoms with Crippen LogP contribution in [0.5, 0.6) is 0 Å². The van der Waals surface area contributed by atoms with Gasteiger partial charge in [-0.3, -0.25) is 4.99 Å². The Labute approximate surface area is 84.2 Å². The highest BCUT2D eigenvalue weighted by molar-refractivity contribution is 5.86. The molecule has 0 radical (unpaired) electrons. The van der Waals surface area contributed by atoms with Crippen LogP contribution in [-0.2, 0) is 0 Å². The van der Waals surface area contributed by atoms with Crippen LogP contribution < -0.4 is 10.6 Å². The van der Waals surface area contributed by atoms with E-state index in [4.69, 9.17) is 0 Å². The van der Waals surface area contributed by atoms with Crippen LogP contribution in [0.3, 0.4) is 0 Å². The molecule has 0 amide bonds. The third kappa shape index (κ3) is 2.49. The molecule has 0 saturated carbocycles. The van der Waals surface area contributed by atoms with Crippen molar-refractivity contribution >= 4 is 11.5 Å². The molecule has 1 aliphatic rings. The Hall–Kier alpha value is -1.51. The molecule has 0 atom stereocenters. The molecule has 2 N–H and O–H groups in total. The van der Waals surface area contributed by atoms with Crippen LogP contribution in [0.4, 0.5) is 5.69 Å². The summed E-state index contributed by atoms with van der Waals surface area (Å²) in [6, 6.07) is 10.2. The molecule has 0 saturated heterocycles. The number of nitrogens with one attached hydrogen (secondary N) is 2. The highest BCUT2D eigenvalue weighted by atomic mass is 15.1. The zero-order valence-corrected chi connectivity index (χ0v) is 8.16. The first-order chi connectivity index (χ1) is 6.95. The van der Waals surface area contributed by atoms with Crippen molar-refractivity contribution < 1.29 is 0 Å². The number of amidine groups is 1. The fraction of sp³-hybridized carbons (Fsp3) is 0.364. The largest absolute Gasteiger partial charge is 0.378 e. The molecule has 1 heterocycles. The summed E-state index contributed by atoms with van der Waals surface area (Å²) < 4.78 is 0. The highest BCUT2D eigenvalue weighted by Gasteiger charge is 2.02. The Morgan fingerprint density at radius 1 is 1.29 bits per heavy atom. The van der Waals surface area contributed by atoms with Gasteiger partial charge >= 0.3 is 0 Å². The predicted octanol–water partition coefficient (Wildman–Crippen LogP) is 1.49. The number of rotatable bonds is 3. The Morgan fingerprint density at radius 2 is 2.14 bits per heavy atom. The number of hydrogen-bond acceptors (Lipinski definition) is 3. The minimum absolute atomic E-state index is 0.796. The average Bonchev–Trinajstić information content (AvgIpc) is 2.29. The normalized spacial score (nSPS) is 15.6. The second-order valence-corrected chi connectivity index (χ2v) is 3.33. The van der Waals surface area contributed by atoms with Crippen LogP contribution in [0.1, 0.15) is 6.42 Å². The fourth-order valence-corrected chi connectivity index (χ4v) is 1.44. The van der Waals surface area contributed by atoms with Gasteiger partial charge in [0.1, 0.15) is 5.84 Å². The van der Waals surface area contributed by atoms with E-state index in [9.17, 15) is 0 Å². The van der Waals surface area contributed by atoms with Crippen molar-refractivity contribution in [3.05, 3.63) is 30.3 Å². The SMILES string of the molecule is c1ccc(NCC2=NCCCN2)cc1. The molecule has 0 unspecified atom stereocenters. The zero-order valence-electron chi connectivity index (χ0n) is 8.16. The molecular weight excluding hydrogens is 174 g/mol. The maximum absolute atomic E-state index is 4.39. The summed E-state index contributed by atoms with van der Waals surface area (Å²) in [5.74, 6) is 1.07. The van der Waals surface area contributed by atoms with E-state index < -0.39 is 0 Å². The van der Waals surface area contributed by atoms with Crippen molar-refractivity contribution in [1.82, 2.24) is 5.32 Å². The van der Waals surface area contributed by atoms with E-state index in [1.54, 1.807) is 0 Å². The second kappa shape index (κ2) is 4.65. The summed E-state index contributed by atoms with van der Waals surface area (Å²) >= 11 is 0. The Kier molecular flexibility index (Phi) is 3.01. The van der Waals surface area contributed by atoms with Crippen LogP contribution in [0.25, 0.3) is 0 Å². The molecule has 1 aromatic carbocycles. The van der Waals surface area contributed by atoms with Crippen molar-refractivity contribution in [3.63, 3.8) is 0 Å². The third-order valence-electron chi connectivity index (χ3n) is 2.20. The van der Waals surface area contributed by atoms with E-state index in [-0.39, 0.29) is 0 Å². The van der Waals surface area contributed by atoms with Gasteiger partial charge in [0.05, 0.1) is 6.54 Å². The van der Waals surface area contributed by atoms with E-state index in [0.717, 1.165) is 37.6 Å². The van der Waals surface area contributed by atoms with Crippen LogP contribution >= 0.6 is 0 Å². The number of hydrogen-bond donors (Lipinski definition) is 2. The van der Waals surface area contributed by atoms with Gasteiger partial charge in [-0.2, -0.15) is 0 Å². The Balaban J connectivity index is 1.85. The lowest BCUT2D eigenvalue weighted by atomic mass is 10.3. The quantitative estimate of drug-likeness (QED) is 0.755. The molecule has 0 fully saturated rings. The first-order valence-corrected chi connectivity index (χ1v) is 5.01. The van der Waals surface area contributed by atoms with Crippen molar-refractivity contribution in [2.24, 2.45) is 4.99 Å². The van der Waals surface area contributed by atoms with Crippen LogP contribution in [-0.4, -0.2) is 25.5 Å². The molecule has 1 aliphatic heterocycles. The Bertz CT molecular complexity index is 306. The van der Waals surface area contributed by atoms with Crippen LogP contribution in [0.15, 0.2) is 35.3 Å². The topological polar surface area (TPSA) is 36.4 Å². The lowest BCUT2D eigenvalue weighted by Gasteiger charge is -2.15. The van der Waals surface area contributed by atoms with E-state index in [2.05, 4.69) is 27.8 Å². The van der Waals surface area contributed by atoms with Gasteiger partial charge in [0, 0.05) is 18.8 Å². The van der Waals surface area contributed by atoms with Crippen molar-refractivity contribution in [3.8, 4) is 0 Å². The van der Waals surface area contributed by atoms with Crippen molar-refractivity contribution in [1.29, 1.82) is 0 Å². The monoisotopic (exact) mass is 189 g/mol. The molecule has 3 nitrogen and oxygen atoms in total. The van der Waals surface area contributed by atoms with Gasteiger partial charge in [-0.15, -0.1) is 0 Å². The van der Waals surface area contributed by atoms with Crippen LogP contribution in [0, 0.1) is 0 Å². The number of aliphatic imine (C=N–C) groups is 1. The first kappa shape index (κ1) is 9.06. The maximum Gasteiger partial charge on any atom is 0.116 e. The summed E-state index contributed by atoms with van der Waals surface area (Å²) in [6.45, 7) is 2.80. The van der Waals surface area contributed by atoms with Crippen LogP contribution in [0.2, 0.25) is 0 Å².